The van der Waals surface area contributed by atoms with Crippen LogP contribution in [0.3, 0.4) is 0 Å². The number of fused-ring (bicyclic) bond motifs is 1. The molecule has 160 valence electrons. The topological polar surface area (TPSA) is 76.0 Å². The van der Waals surface area contributed by atoms with Crippen LogP contribution in [0.1, 0.15) is 12.0 Å². The Labute approximate surface area is 185 Å². The lowest BCUT2D eigenvalue weighted by atomic mass is 9.99. The Morgan fingerprint density at radius 3 is 2.31 bits per heavy atom. The van der Waals surface area contributed by atoms with Crippen LogP contribution < -0.4 is 9.47 Å². The number of phenolic OH excluding ortho intramolecular Hbond substituents is 1. The molecule has 4 aromatic carbocycles. The zero-order chi connectivity index (χ0) is 22.5. The zero-order valence-electron chi connectivity index (χ0n) is 17.5. The summed E-state index contributed by atoms with van der Waals surface area (Å²) >= 11 is 0. The van der Waals surface area contributed by atoms with Crippen LogP contribution in [0.4, 0.5) is 0 Å². The molecule has 4 rings (SSSR count). The van der Waals surface area contributed by atoms with Gasteiger partial charge in [0.1, 0.15) is 23.0 Å². The van der Waals surface area contributed by atoms with Crippen LogP contribution in [0.2, 0.25) is 0 Å². The smallest absolute Gasteiger partial charge is 0.307 e. The van der Waals surface area contributed by atoms with E-state index in [0.717, 1.165) is 33.2 Å². The van der Waals surface area contributed by atoms with E-state index >= 15 is 0 Å². The molecule has 0 atom stereocenters. The maximum Gasteiger partial charge on any atom is 0.307 e. The van der Waals surface area contributed by atoms with E-state index in [9.17, 15) is 9.90 Å². The minimum Gasteiger partial charge on any atom is -0.508 e. The fourth-order valence-electron chi connectivity index (χ4n) is 3.46. The number of phenols is 1. The number of carboxylic acids is 1. The Morgan fingerprint density at radius 2 is 1.62 bits per heavy atom. The van der Waals surface area contributed by atoms with E-state index in [1.54, 1.807) is 31.4 Å². The molecule has 0 aliphatic heterocycles. The minimum atomic E-state index is -0.866. The molecule has 0 radical (unpaired) electrons. The summed E-state index contributed by atoms with van der Waals surface area (Å²) in [6.45, 7) is 0. The third-order valence-electron chi connectivity index (χ3n) is 5.06. The Morgan fingerprint density at radius 1 is 0.906 bits per heavy atom. The first-order chi connectivity index (χ1) is 15.5. The van der Waals surface area contributed by atoms with Gasteiger partial charge in [-0.25, -0.2) is 0 Å². The minimum absolute atomic E-state index is 0.0215. The highest BCUT2D eigenvalue weighted by Gasteiger charge is 2.13. The van der Waals surface area contributed by atoms with E-state index in [1.165, 1.54) is 0 Å². The number of hydrogen-bond acceptors (Lipinski definition) is 4. The lowest BCUT2D eigenvalue weighted by molar-refractivity contribution is -0.135. The first kappa shape index (κ1) is 21.0. The second-order valence-electron chi connectivity index (χ2n) is 7.25. The maximum absolute atomic E-state index is 10.7. The van der Waals surface area contributed by atoms with Crippen molar-refractivity contribution in [3.05, 3.63) is 90.5 Å². The molecule has 0 unspecified atom stereocenters. The van der Waals surface area contributed by atoms with Crippen molar-refractivity contribution in [2.24, 2.45) is 0 Å². The van der Waals surface area contributed by atoms with Gasteiger partial charge in [-0.15, -0.1) is 0 Å². The van der Waals surface area contributed by atoms with Crippen LogP contribution in [-0.2, 0) is 4.79 Å². The third kappa shape index (κ3) is 4.73. The number of aliphatic carboxylic acids is 1. The SMILES string of the molecule is COc1ccc(-c2ccc3cc(O)ccc3c2Oc2ccc(/C=C/CC(=O)O)cc2)cc1. The van der Waals surface area contributed by atoms with Gasteiger partial charge in [-0.3, -0.25) is 4.79 Å². The van der Waals surface area contributed by atoms with Crippen molar-refractivity contribution in [2.75, 3.05) is 7.11 Å². The van der Waals surface area contributed by atoms with Gasteiger partial charge in [0.15, 0.2) is 0 Å². The monoisotopic (exact) mass is 426 g/mol. The molecular formula is C27H22O5. The second-order valence-corrected chi connectivity index (χ2v) is 7.25. The predicted octanol–water partition coefficient (Wildman–Crippen LogP) is 6.50. The van der Waals surface area contributed by atoms with Gasteiger partial charge in [-0.2, -0.15) is 0 Å². The lowest BCUT2D eigenvalue weighted by Crippen LogP contribution is -1.91. The summed E-state index contributed by atoms with van der Waals surface area (Å²) in [6, 6.07) is 24.3. The van der Waals surface area contributed by atoms with Crippen LogP contribution in [0.15, 0.2) is 84.9 Å². The number of benzene rings is 4. The fourth-order valence-corrected chi connectivity index (χ4v) is 3.46. The maximum atomic E-state index is 10.7. The largest absolute Gasteiger partial charge is 0.508 e. The molecule has 0 bridgehead atoms. The molecule has 0 aliphatic carbocycles. The predicted molar refractivity (Wildman–Crippen MR) is 125 cm³/mol. The molecular weight excluding hydrogens is 404 g/mol. The van der Waals surface area contributed by atoms with Crippen molar-refractivity contribution in [2.45, 2.75) is 6.42 Å². The average Bonchev–Trinajstić information content (AvgIpc) is 2.80. The molecule has 0 amide bonds. The molecule has 5 nitrogen and oxygen atoms in total. The van der Waals surface area contributed by atoms with Crippen LogP contribution in [-0.4, -0.2) is 23.3 Å². The van der Waals surface area contributed by atoms with Gasteiger partial charge in [0.25, 0.3) is 0 Å². The summed E-state index contributed by atoms with van der Waals surface area (Å²) in [4.78, 5) is 10.7. The Bertz CT molecular complexity index is 1270. The zero-order valence-corrected chi connectivity index (χ0v) is 17.5. The van der Waals surface area contributed by atoms with Crippen molar-refractivity contribution in [3.63, 3.8) is 0 Å². The second kappa shape index (κ2) is 9.27. The molecule has 0 heterocycles. The van der Waals surface area contributed by atoms with E-state index in [2.05, 4.69) is 0 Å². The van der Waals surface area contributed by atoms with E-state index in [0.29, 0.717) is 11.5 Å². The summed E-state index contributed by atoms with van der Waals surface area (Å²) in [7, 11) is 1.63. The van der Waals surface area contributed by atoms with E-state index in [-0.39, 0.29) is 12.2 Å². The van der Waals surface area contributed by atoms with Crippen LogP contribution in [0.5, 0.6) is 23.0 Å². The average molecular weight is 426 g/mol. The summed E-state index contributed by atoms with van der Waals surface area (Å²) in [5.41, 5.74) is 2.78. The number of carboxylic acid groups (broad SMARTS) is 1. The molecule has 4 aromatic rings. The van der Waals surface area contributed by atoms with Crippen LogP contribution in [0, 0.1) is 0 Å². The summed E-state index contributed by atoms with van der Waals surface area (Å²) in [5, 5.41) is 20.4. The van der Waals surface area contributed by atoms with Gasteiger partial charge in [0.05, 0.1) is 13.5 Å². The molecule has 0 fully saturated rings. The van der Waals surface area contributed by atoms with Crippen LogP contribution >= 0.6 is 0 Å². The van der Waals surface area contributed by atoms with Crippen molar-refractivity contribution in [1.82, 2.24) is 0 Å². The molecule has 0 saturated carbocycles. The van der Waals surface area contributed by atoms with Gasteiger partial charge >= 0.3 is 5.97 Å². The quantitative estimate of drug-likeness (QED) is 0.353. The Hall–Kier alpha value is -4.25. The number of ether oxygens (including phenoxy) is 2. The van der Waals surface area contributed by atoms with Crippen molar-refractivity contribution in [3.8, 4) is 34.1 Å². The van der Waals surface area contributed by atoms with Gasteiger partial charge in [0.2, 0.25) is 0 Å². The summed E-state index contributed by atoms with van der Waals surface area (Å²) in [5.74, 6) is 1.43. The molecule has 0 spiro atoms. The molecule has 32 heavy (non-hydrogen) atoms. The lowest BCUT2D eigenvalue weighted by Gasteiger charge is -2.15. The van der Waals surface area contributed by atoms with Crippen LogP contribution in [0.25, 0.3) is 28.0 Å². The molecule has 0 aromatic heterocycles. The number of carbonyl (C=O) groups is 1. The van der Waals surface area contributed by atoms with Gasteiger partial charge in [-0.05, 0) is 65.0 Å². The van der Waals surface area contributed by atoms with Gasteiger partial charge in [-0.1, -0.05) is 42.5 Å². The highest BCUT2D eigenvalue weighted by atomic mass is 16.5. The highest BCUT2D eigenvalue weighted by Crippen LogP contribution is 2.41. The first-order valence-corrected chi connectivity index (χ1v) is 10.1. The third-order valence-corrected chi connectivity index (χ3v) is 5.06. The number of rotatable bonds is 7. The summed E-state index contributed by atoms with van der Waals surface area (Å²) < 4.78 is 11.6. The highest BCUT2D eigenvalue weighted by molar-refractivity contribution is 5.96. The Kier molecular flexibility index (Phi) is 6.08. The molecule has 0 saturated heterocycles. The number of methoxy groups -OCH3 is 1. The van der Waals surface area contributed by atoms with Gasteiger partial charge < -0.3 is 19.7 Å². The first-order valence-electron chi connectivity index (χ1n) is 10.1. The Balaban J connectivity index is 1.72. The van der Waals surface area contributed by atoms with E-state index in [4.69, 9.17) is 14.6 Å². The van der Waals surface area contributed by atoms with Crippen molar-refractivity contribution >= 4 is 22.8 Å². The number of aromatic hydroxyl groups is 1. The van der Waals surface area contributed by atoms with E-state index in [1.807, 2.05) is 66.7 Å². The molecule has 2 N–H and O–H groups in total. The molecule has 5 heteroatoms. The van der Waals surface area contributed by atoms with Crippen molar-refractivity contribution < 1.29 is 24.5 Å². The standard InChI is InChI=1S/C27H22O5/c1-31-22-13-7-19(8-14-22)24-15-9-20-17-21(28)10-16-25(20)27(24)32-23-11-5-18(6-12-23)3-2-4-26(29)30/h2-3,5-17,28H,4H2,1H3,(H,29,30)/b3-2+. The number of hydrogen-bond donors (Lipinski definition) is 2. The van der Waals surface area contributed by atoms with Crippen molar-refractivity contribution in [1.29, 1.82) is 0 Å². The van der Waals surface area contributed by atoms with Gasteiger partial charge in [0, 0.05) is 10.9 Å². The normalized spacial score (nSPS) is 11.0. The fraction of sp³-hybridized carbons (Fsp3) is 0.0741. The molecule has 0 aliphatic rings. The summed E-state index contributed by atoms with van der Waals surface area (Å²) in [6.07, 6.45) is 3.35. The van der Waals surface area contributed by atoms with E-state index < -0.39 is 5.97 Å².